The molecule has 0 spiro atoms. The topological polar surface area (TPSA) is 17.3 Å². The molecule has 3 heteroatoms. The normalized spacial score (nSPS) is 11.6. The molecule has 9 rings (SSSR count). The van der Waals surface area contributed by atoms with Crippen LogP contribution in [0.25, 0.3) is 82.6 Å². The molecule has 2 aromatic heterocycles. The summed E-state index contributed by atoms with van der Waals surface area (Å²) < 4.78 is 16.9. The van der Waals surface area contributed by atoms with E-state index in [1.54, 1.807) is 6.07 Å². The first kappa shape index (κ1) is 26.4. The minimum Gasteiger partial charge on any atom is -0.231 e. The van der Waals surface area contributed by atoms with E-state index < -0.39 is 0 Å². The second-order valence-electron chi connectivity index (χ2n) is 11.7. The summed E-state index contributed by atoms with van der Waals surface area (Å²) in [5, 5.41) is 12.0. The molecule has 0 unspecified atom stereocenters. The smallest absolute Gasteiger partial charge is 0.123 e. The van der Waals surface area contributed by atoms with Crippen LogP contribution in [-0.2, 0) is 0 Å². The van der Waals surface area contributed by atoms with Crippen molar-refractivity contribution in [3.8, 4) is 44.8 Å². The molecule has 0 fully saturated rings. The highest BCUT2D eigenvalue weighted by molar-refractivity contribution is 6.13. The number of benzene rings is 7. The molecule has 7 aromatic carbocycles. The van der Waals surface area contributed by atoms with Crippen LogP contribution in [0.3, 0.4) is 0 Å². The molecular weight excluding hydrogens is 563 g/mol. The van der Waals surface area contributed by atoms with Crippen LogP contribution >= 0.6 is 0 Å². The van der Waals surface area contributed by atoms with E-state index in [0.717, 1.165) is 55.5 Å². The fourth-order valence-electron chi connectivity index (χ4n) is 6.92. The summed E-state index contributed by atoms with van der Waals surface area (Å²) in [6.07, 6.45) is 0. The van der Waals surface area contributed by atoms with Gasteiger partial charge in [0.15, 0.2) is 0 Å². The summed E-state index contributed by atoms with van der Waals surface area (Å²) in [4.78, 5) is 0. The van der Waals surface area contributed by atoms with Crippen LogP contribution in [0, 0.1) is 5.82 Å². The maximum atomic E-state index is 14.9. The quantitative estimate of drug-likeness (QED) is 0.186. The highest BCUT2D eigenvalue weighted by atomic mass is 19.1. The van der Waals surface area contributed by atoms with Crippen LogP contribution in [0.1, 0.15) is 0 Å². The van der Waals surface area contributed by atoms with Gasteiger partial charge in [0.2, 0.25) is 0 Å². The molecule has 46 heavy (non-hydrogen) atoms. The van der Waals surface area contributed by atoms with Crippen molar-refractivity contribution in [2.75, 3.05) is 0 Å². The molecule has 0 saturated carbocycles. The first-order valence-corrected chi connectivity index (χ1v) is 15.5. The van der Waals surface area contributed by atoms with Crippen LogP contribution in [-0.4, -0.2) is 9.61 Å². The summed E-state index contributed by atoms with van der Waals surface area (Å²) >= 11 is 0. The molecule has 0 atom stereocenters. The van der Waals surface area contributed by atoms with Gasteiger partial charge < -0.3 is 0 Å². The Bertz CT molecular complexity index is 2510. The second kappa shape index (κ2) is 10.5. The van der Waals surface area contributed by atoms with E-state index >= 15 is 0 Å². The molecule has 0 saturated heterocycles. The highest BCUT2D eigenvalue weighted by Crippen LogP contribution is 2.42. The number of pyridine rings is 1. The van der Waals surface area contributed by atoms with Gasteiger partial charge in [-0.1, -0.05) is 140 Å². The number of nitrogens with zero attached hydrogens (tertiary/aromatic N) is 2. The first-order valence-electron chi connectivity index (χ1n) is 15.5. The van der Waals surface area contributed by atoms with E-state index in [-0.39, 0.29) is 5.82 Å². The van der Waals surface area contributed by atoms with Crippen molar-refractivity contribution < 1.29 is 4.39 Å². The molecule has 216 valence electrons. The van der Waals surface area contributed by atoms with Gasteiger partial charge in [-0.25, -0.2) is 8.91 Å². The van der Waals surface area contributed by atoms with Crippen molar-refractivity contribution >= 4 is 37.8 Å². The Labute approximate surface area is 265 Å². The van der Waals surface area contributed by atoms with Crippen LogP contribution < -0.4 is 0 Å². The highest BCUT2D eigenvalue weighted by Gasteiger charge is 2.22. The average molecular weight is 591 g/mol. The fraction of sp³-hybridized carbons (Fsp3) is 0. The van der Waals surface area contributed by atoms with Crippen molar-refractivity contribution in [3.63, 3.8) is 0 Å². The van der Waals surface area contributed by atoms with Crippen molar-refractivity contribution in [1.82, 2.24) is 9.61 Å². The Morgan fingerprint density at radius 2 is 0.957 bits per heavy atom. The van der Waals surface area contributed by atoms with Gasteiger partial charge >= 0.3 is 0 Å². The maximum Gasteiger partial charge on any atom is 0.123 e. The van der Waals surface area contributed by atoms with Gasteiger partial charge in [-0.2, -0.15) is 5.10 Å². The molecule has 0 bridgehead atoms. The molecule has 2 heterocycles. The number of fused-ring (bicyclic) bond motifs is 5. The molecule has 0 N–H and O–H groups in total. The van der Waals surface area contributed by atoms with Gasteiger partial charge in [-0.3, -0.25) is 0 Å². The summed E-state index contributed by atoms with van der Waals surface area (Å²) in [5.41, 5.74) is 9.15. The van der Waals surface area contributed by atoms with Gasteiger partial charge in [0.25, 0.3) is 0 Å². The molecular formula is C43H27FN2. The van der Waals surface area contributed by atoms with E-state index in [0.29, 0.717) is 0 Å². The summed E-state index contributed by atoms with van der Waals surface area (Å²) in [6.45, 7) is 0. The maximum absolute atomic E-state index is 14.9. The van der Waals surface area contributed by atoms with E-state index in [2.05, 4.69) is 109 Å². The van der Waals surface area contributed by atoms with E-state index in [9.17, 15) is 4.39 Å². The zero-order valence-electron chi connectivity index (χ0n) is 24.9. The lowest BCUT2D eigenvalue weighted by atomic mass is 9.91. The molecule has 0 aliphatic carbocycles. The van der Waals surface area contributed by atoms with Gasteiger partial charge in [-0.15, -0.1) is 0 Å². The third-order valence-electron chi connectivity index (χ3n) is 9.03. The Balaban J connectivity index is 1.33. The van der Waals surface area contributed by atoms with E-state index in [4.69, 9.17) is 5.10 Å². The van der Waals surface area contributed by atoms with E-state index in [1.807, 2.05) is 47.0 Å². The molecule has 0 aliphatic rings. The number of halogens is 1. The Morgan fingerprint density at radius 3 is 1.63 bits per heavy atom. The van der Waals surface area contributed by atoms with E-state index in [1.165, 1.54) is 33.2 Å². The molecule has 0 aliphatic heterocycles. The number of hydrogen-bond donors (Lipinski definition) is 0. The standard InChI is InChI=1S/C43H27FN2/c44-35-24-23-34-26-39(28-11-3-1-4-12-28)46-43(38(34)27-35)41(29-13-5-2-6-14-29)42(45-46)31-21-19-30(20-22-31)40-36-17-9-7-15-32(36)25-33-16-8-10-18-37(33)40/h1-27H. The first-order chi connectivity index (χ1) is 22.7. The second-order valence-corrected chi connectivity index (χ2v) is 11.7. The summed E-state index contributed by atoms with van der Waals surface area (Å²) in [6, 6.07) is 55.9. The van der Waals surface area contributed by atoms with Crippen LogP contribution in [0.5, 0.6) is 0 Å². The third-order valence-corrected chi connectivity index (χ3v) is 9.03. The monoisotopic (exact) mass is 590 g/mol. The Morgan fingerprint density at radius 1 is 0.413 bits per heavy atom. The van der Waals surface area contributed by atoms with Gasteiger partial charge in [0, 0.05) is 22.1 Å². The lowest BCUT2D eigenvalue weighted by Gasteiger charge is -2.13. The number of aromatic nitrogens is 2. The van der Waals surface area contributed by atoms with Crippen LogP contribution in [0.2, 0.25) is 0 Å². The zero-order chi connectivity index (χ0) is 30.6. The predicted molar refractivity (Wildman–Crippen MR) is 189 cm³/mol. The largest absolute Gasteiger partial charge is 0.231 e. The minimum atomic E-state index is -0.268. The fourth-order valence-corrected chi connectivity index (χ4v) is 6.92. The third kappa shape index (κ3) is 4.21. The van der Waals surface area contributed by atoms with Crippen molar-refractivity contribution in [2.24, 2.45) is 0 Å². The van der Waals surface area contributed by atoms with Gasteiger partial charge in [0.1, 0.15) is 11.5 Å². The Kier molecular flexibility index (Phi) is 6.04. The van der Waals surface area contributed by atoms with Gasteiger partial charge in [-0.05, 0) is 67.9 Å². The molecule has 2 nitrogen and oxygen atoms in total. The van der Waals surface area contributed by atoms with Crippen molar-refractivity contribution in [2.45, 2.75) is 0 Å². The Hall–Kier alpha value is -6.06. The average Bonchev–Trinajstić information content (AvgIpc) is 3.52. The molecule has 9 aromatic rings. The lowest BCUT2D eigenvalue weighted by Crippen LogP contribution is -1.96. The molecule has 0 radical (unpaired) electrons. The molecule has 0 amide bonds. The summed E-state index contributed by atoms with van der Waals surface area (Å²) in [7, 11) is 0. The SMILES string of the molecule is Fc1ccc2cc(-c3ccccc3)n3nc(-c4ccc(-c5c6ccccc6cc6ccccc56)cc4)c(-c4ccccc4)c3c2c1. The van der Waals surface area contributed by atoms with Crippen LogP contribution in [0.15, 0.2) is 164 Å². The van der Waals surface area contributed by atoms with Crippen molar-refractivity contribution in [1.29, 1.82) is 0 Å². The lowest BCUT2D eigenvalue weighted by molar-refractivity contribution is 0.630. The zero-order valence-corrected chi connectivity index (χ0v) is 24.9. The predicted octanol–water partition coefficient (Wildman–Crippen LogP) is 11.6. The van der Waals surface area contributed by atoms with Crippen LogP contribution in [0.4, 0.5) is 4.39 Å². The van der Waals surface area contributed by atoms with Gasteiger partial charge in [0.05, 0.1) is 11.2 Å². The minimum absolute atomic E-state index is 0.268. The summed E-state index contributed by atoms with van der Waals surface area (Å²) in [5.74, 6) is -0.268. The van der Waals surface area contributed by atoms with Crippen molar-refractivity contribution in [3.05, 3.63) is 170 Å². The number of rotatable bonds is 4. The number of hydrogen-bond acceptors (Lipinski definition) is 1.